The zero-order valence-electron chi connectivity index (χ0n) is 17.1. The number of aromatic nitrogens is 3. The van der Waals surface area contributed by atoms with E-state index >= 15 is 0 Å². The number of rotatable bonds is 9. The van der Waals surface area contributed by atoms with Gasteiger partial charge in [-0.1, -0.05) is 0 Å². The highest BCUT2D eigenvalue weighted by atomic mass is 32.2. The number of nitrogens with zero attached hydrogens (tertiary/aromatic N) is 3. The van der Waals surface area contributed by atoms with Gasteiger partial charge in [0.1, 0.15) is 5.75 Å². The van der Waals surface area contributed by atoms with Crippen molar-refractivity contribution < 1.29 is 17.9 Å². The summed E-state index contributed by atoms with van der Waals surface area (Å²) in [7, 11) is -3.70. The Morgan fingerprint density at radius 1 is 1.20 bits per heavy atom. The highest BCUT2D eigenvalue weighted by Crippen LogP contribution is 2.19. The third-order valence-electron chi connectivity index (χ3n) is 4.30. The van der Waals surface area contributed by atoms with Gasteiger partial charge in [0.2, 0.25) is 15.9 Å². The quantitative estimate of drug-likeness (QED) is 0.538. The lowest BCUT2D eigenvalue weighted by molar-refractivity contribution is -0.116. The summed E-state index contributed by atoms with van der Waals surface area (Å²) in [6.07, 6.45) is 3.24. The van der Waals surface area contributed by atoms with Gasteiger partial charge in [0.15, 0.2) is 5.65 Å². The number of carbonyl (C=O) groups is 1. The van der Waals surface area contributed by atoms with Gasteiger partial charge in [0.25, 0.3) is 0 Å². The topological polar surface area (TPSA) is 115 Å². The maximum atomic E-state index is 12.3. The van der Waals surface area contributed by atoms with E-state index in [1.165, 1.54) is 12.1 Å². The van der Waals surface area contributed by atoms with Gasteiger partial charge in [-0.25, -0.2) is 22.8 Å². The van der Waals surface area contributed by atoms with Crippen molar-refractivity contribution in [3.63, 3.8) is 0 Å². The van der Waals surface area contributed by atoms with Crippen LogP contribution >= 0.6 is 0 Å². The van der Waals surface area contributed by atoms with E-state index in [9.17, 15) is 13.2 Å². The zero-order chi connectivity index (χ0) is 21.7. The molecule has 0 saturated carbocycles. The molecular formula is C20H25N5O4S. The van der Waals surface area contributed by atoms with Gasteiger partial charge in [0, 0.05) is 24.4 Å². The van der Waals surface area contributed by atoms with Crippen molar-refractivity contribution in [2.75, 3.05) is 18.5 Å². The van der Waals surface area contributed by atoms with Crippen LogP contribution in [0.15, 0.2) is 47.6 Å². The Bertz CT molecular complexity index is 1120. The molecule has 2 N–H and O–H groups in total. The van der Waals surface area contributed by atoms with Crippen LogP contribution in [0.25, 0.3) is 11.0 Å². The van der Waals surface area contributed by atoms with Crippen molar-refractivity contribution >= 4 is 32.7 Å². The number of amides is 1. The first-order valence-corrected chi connectivity index (χ1v) is 11.1. The molecule has 0 fully saturated rings. The zero-order valence-corrected chi connectivity index (χ0v) is 17.9. The molecule has 0 aliphatic carbocycles. The summed E-state index contributed by atoms with van der Waals surface area (Å²) in [5.41, 5.74) is 1.27. The van der Waals surface area contributed by atoms with E-state index in [4.69, 9.17) is 4.74 Å². The fourth-order valence-electron chi connectivity index (χ4n) is 2.87. The van der Waals surface area contributed by atoms with E-state index in [0.29, 0.717) is 18.0 Å². The van der Waals surface area contributed by atoms with Crippen LogP contribution in [0.5, 0.6) is 5.75 Å². The number of fused-ring (bicyclic) bond motifs is 1. The summed E-state index contributed by atoms with van der Waals surface area (Å²) in [6.45, 7) is 6.35. The summed E-state index contributed by atoms with van der Waals surface area (Å²) in [4.78, 5) is 16.7. The second-order valence-electron chi connectivity index (χ2n) is 6.92. The number of carbonyl (C=O) groups excluding carboxylic acids is 1. The molecule has 0 unspecified atom stereocenters. The van der Waals surface area contributed by atoms with Crippen molar-refractivity contribution in [2.24, 2.45) is 0 Å². The van der Waals surface area contributed by atoms with E-state index in [1.54, 1.807) is 35.3 Å². The molecule has 30 heavy (non-hydrogen) atoms. The number of benzene rings is 1. The molecular weight excluding hydrogens is 406 g/mol. The Morgan fingerprint density at radius 3 is 2.60 bits per heavy atom. The molecule has 3 rings (SSSR count). The van der Waals surface area contributed by atoms with Crippen LogP contribution in [0, 0.1) is 0 Å². The van der Waals surface area contributed by atoms with Gasteiger partial charge in [-0.05, 0) is 51.1 Å². The molecule has 9 nitrogen and oxygen atoms in total. The summed E-state index contributed by atoms with van der Waals surface area (Å²) in [5.74, 6) is 0.280. The minimum absolute atomic E-state index is 0.0143. The average Bonchev–Trinajstić information content (AvgIpc) is 3.12. The molecule has 1 amide bonds. The van der Waals surface area contributed by atoms with Crippen molar-refractivity contribution in [3.05, 3.63) is 42.7 Å². The summed E-state index contributed by atoms with van der Waals surface area (Å²) >= 11 is 0. The van der Waals surface area contributed by atoms with Gasteiger partial charge >= 0.3 is 0 Å². The first-order chi connectivity index (χ1) is 14.3. The Kier molecular flexibility index (Phi) is 6.68. The lowest BCUT2D eigenvalue weighted by Crippen LogP contribution is -2.27. The highest BCUT2D eigenvalue weighted by Gasteiger charge is 2.15. The lowest BCUT2D eigenvalue weighted by Gasteiger charge is -2.09. The predicted octanol–water partition coefficient (Wildman–Crippen LogP) is 2.72. The first-order valence-electron chi connectivity index (χ1n) is 9.66. The van der Waals surface area contributed by atoms with E-state index in [1.807, 2.05) is 20.8 Å². The Hall–Kier alpha value is -2.98. The molecule has 0 spiro atoms. The Labute approximate surface area is 175 Å². The number of hydrogen-bond acceptors (Lipinski definition) is 6. The monoisotopic (exact) mass is 431 g/mol. The third kappa shape index (κ3) is 5.14. The molecule has 0 radical (unpaired) electrons. The Balaban J connectivity index is 1.54. The number of ether oxygens (including phenoxy) is 1. The summed E-state index contributed by atoms with van der Waals surface area (Å²) < 4.78 is 34.2. The third-order valence-corrected chi connectivity index (χ3v) is 5.77. The average molecular weight is 432 g/mol. The van der Waals surface area contributed by atoms with Gasteiger partial charge in [-0.15, -0.1) is 0 Å². The molecule has 10 heteroatoms. The fourth-order valence-corrected chi connectivity index (χ4v) is 3.91. The number of hydrogen-bond donors (Lipinski definition) is 2. The molecule has 0 saturated heterocycles. The van der Waals surface area contributed by atoms with Gasteiger partial charge in [-0.3, -0.25) is 4.79 Å². The molecule has 0 bridgehead atoms. The highest BCUT2D eigenvalue weighted by molar-refractivity contribution is 7.89. The maximum Gasteiger partial charge on any atom is 0.240 e. The van der Waals surface area contributed by atoms with Crippen molar-refractivity contribution in [1.29, 1.82) is 0 Å². The van der Waals surface area contributed by atoms with E-state index < -0.39 is 10.0 Å². The summed E-state index contributed by atoms with van der Waals surface area (Å²) in [5, 5.41) is 7.84. The molecule has 160 valence electrons. The van der Waals surface area contributed by atoms with Crippen LogP contribution < -0.4 is 14.8 Å². The van der Waals surface area contributed by atoms with Crippen molar-refractivity contribution in [2.45, 2.75) is 38.1 Å². The van der Waals surface area contributed by atoms with Crippen LogP contribution in [0.2, 0.25) is 0 Å². The fraction of sp³-hybridized carbons (Fsp3) is 0.350. The molecule has 3 aromatic rings. The first kappa shape index (κ1) is 21.7. The Morgan fingerprint density at radius 2 is 1.93 bits per heavy atom. The SMILES string of the molecule is CCOc1ccc(S(=O)(=O)NCCC(=O)Nc2cnc3c(cnn3C(C)C)c2)cc1. The standard InChI is InChI=1S/C20H25N5O4S/c1-4-29-17-5-7-18(8-6-17)30(27,28)23-10-9-19(26)24-16-11-15-12-22-25(14(2)3)20(15)21-13-16/h5-8,11-14,23H,4,9-10H2,1-3H3,(H,24,26). The molecule has 0 atom stereocenters. The smallest absolute Gasteiger partial charge is 0.240 e. The minimum Gasteiger partial charge on any atom is -0.494 e. The molecule has 0 aliphatic rings. The van der Waals surface area contributed by atoms with Gasteiger partial charge < -0.3 is 10.1 Å². The number of pyridine rings is 1. The maximum absolute atomic E-state index is 12.3. The minimum atomic E-state index is -3.70. The summed E-state index contributed by atoms with van der Waals surface area (Å²) in [6, 6.07) is 8.08. The lowest BCUT2D eigenvalue weighted by atomic mass is 10.3. The molecule has 1 aromatic carbocycles. The molecule has 2 aromatic heterocycles. The molecule has 0 aliphatic heterocycles. The van der Waals surface area contributed by atoms with E-state index in [2.05, 4.69) is 20.1 Å². The van der Waals surface area contributed by atoms with Crippen LogP contribution in [0.1, 0.15) is 33.2 Å². The van der Waals surface area contributed by atoms with Crippen LogP contribution in [-0.4, -0.2) is 42.2 Å². The number of sulfonamides is 1. The van der Waals surface area contributed by atoms with Gasteiger partial charge in [0.05, 0.1) is 29.6 Å². The van der Waals surface area contributed by atoms with E-state index in [0.717, 1.165) is 11.0 Å². The second-order valence-corrected chi connectivity index (χ2v) is 8.69. The molecule has 2 heterocycles. The number of anilines is 1. The second kappa shape index (κ2) is 9.23. The van der Waals surface area contributed by atoms with Crippen LogP contribution in [0.3, 0.4) is 0 Å². The predicted molar refractivity (Wildman–Crippen MR) is 114 cm³/mol. The largest absolute Gasteiger partial charge is 0.494 e. The van der Waals surface area contributed by atoms with E-state index in [-0.39, 0.29) is 29.8 Å². The van der Waals surface area contributed by atoms with Gasteiger partial charge in [-0.2, -0.15) is 5.10 Å². The number of nitrogens with one attached hydrogen (secondary N) is 2. The van der Waals surface area contributed by atoms with Crippen molar-refractivity contribution in [3.8, 4) is 5.75 Å². The normalized spacial score (nSPS) is 11.7. The van der Waals surface area contributed by atoms with Crippen LogP contribution in [0.4, 0.5) is 5.69 Å². The van der Waals surface area contributed by atoms with Crippen molar-refractivity contribution in [1.82, 2.24) is 19.5 Å². The van der Waals surface area contributed by atoms with Crippen LogP contribution in [-0.2, 0) is 14.8 Å².